The molecular formula is C20H26N2O2S2. The molecule has 0 amide bonds. The maximum Gasteiger partial charge on any atom is 0.161 e. The van der Waals surface area contributed by atoms with Crippen LogP contribution in [0.15, 0.2) is 29.6 Å². The molecule has 140 valence electrons. The lowest BCUT2D eigenvalue weighted by Crippen LogP contribution is -2.29. The Kier molecular flexibility index (Phi) is 6.51. The molecule has 6 heteroatoms. The van der Waals surface area contributed by atoms with Crippen LogP contribution in [0.25, 0.3) is 0 Å². The van der Waals surface area contributed by atoms with Crippen molar-refractivity contribution in [2.75, 3.05) is 40.9 Å². The fourth-order valence-electron chi connectivity index (χ4n) is 3.28. The Morgan fingerprint density at radius 2 is 1.96 bits per heavy atom. The fraction of sp³-hybridized carbons (Fsp3) is 0.450. The van der Waals surface area contributed by atoms with E-state index in [2.05, 4.69) is 34.4 Å². The van der Waals surface area contributed by atoms with E-state index in [1.165, 1.54) is 10.4 Å². The van der Waals surface area contributed by atoms with Crippen LogP contribution in [0.4, 0.5) is 0 Å². The monoisotopic (exact) mass is 390 g/mol. The molecule has 26 heavy (non-hydrogen) atoms. The van der Waals surface area contributed by atoms with E-state index in [9.17, 15) is 0 Å². The third-order valence-corrected chi connectivity index (χ3v) is 6.19. The van der Waals surface area contributed by atoms with E-state index in [-0.39, 0.29) is 0 Å². The van der Waals surface area contributed by atoms with Crippen molar-refractivity contribution in [2.45, 2.75) is 19.4 Å². The summed E-state index contributed by atoms with van der Waals surface area (Å²) in [6.45, 7) is 4.00. The van der Waals surface area contributed by atoms with Gasteiger partial charge < -0.3 is 19.3 Å². The molecule has 0 radical (unpaired) electrons. The van der Waals surface area contributed by atoms with E-state index in [4.69, 9.17) is 21.7 Å². The largest absolute Gasteiger partial charge is 0.493 e. The molecule has 0 atom stereocenters. The Morgan fingerprint density at radius 3 is 2.65 bits per heavy atom. The number of benzene rings is 1. The van der Waals surface area contributed by atoms with Crippen LogP contribution in [0.2, 0.25) is 0 Å². The molecule has 0 aliphatic carbocycles. The summed E-state index contributed by atoms with van der Waals surface area (Å²) in [5.74, 6) is 1.51. The molecular weight excluding hydrogens is 364 g/mol. The normalized spacial score (nSPS) is 13.4. The van der Waals surface area contributed by atoms with E-state index in [1.54, 1.807) is 14.2 Å². The molecule has 0 saturated heterocycles. The number of fused-ring (bicyclic) bond motifs is 1. The SMILES string of the molecule is COc1cc2c(cc1OC)C(=S)N(CCCN(C)CCc1cccs1)C2. The van der Waals surface area contributed by atoms with E-state index in [1.807, 2.05) is 23.5 Å². The first-order valence-electron chi connectivity index (χ1n) is 8.87. The molecule has 0 fully saturated rings. The summed E-state index contributed by atoms with van der Waals surface area (Å²) >= 11 is 7.52. The molecule has 0 unspecified atom stereocenters. The van der Waals surface area contributed by atoms with Gasteiger partial charge in [-0.2, -0.15) is 0 Å². The second-order valence-electron chi connectivity index (χ2n) is 6.58. The molecule has 0 spiro atoms. The number of likely N-dealkylation sites (N-methyl/N-ethyl adjacent to an activating group) is 1. The third-order valence-electron chi connectivity index (χ3n) is 4.78. The van der Waals surface area contributed by atoms with Crippen LogP contribution in [0.3, 0.4) is 0 Å². The molecule has 0 N–H and O–H groups in total. The van der Waals surface area contributed by atoms with Crippen LogP contribution >= 0.6 is 23.6 Å². The van der Waals surface area contributed by atoms with Crippen molar-refractivity contribution in [3.8, 4) is 11.5 Å². The number of hydrogen-bond donors (Lipinski definition) is 0. The Hall–Kier alpha value is -1.63. The molecule has 4 nitrogen and oxygen atoms in total. The van der Waals surface area contributed by atoms with E-state index < -0.39 is 0 Å². The fourth-order valence-corrected chi connectivity index (χ4v) is 4.32. The zero-order valence-corrected chi connectivity index (χ0v) is 17.3. The minimum absolute atomic E-state index is 0.740. The smallest absolute Gasteiger partial charge is 0.161 e. The van der Waals surface area contributed by atoms with Crippen LogP contribution < -0.4 is 9.47 Å². The Labute approximate surface area is 165 Å². The number of ether oxygens (including phenoxy) is 2. The quantitative estimate of drug-likeness (QED) is 0.606. The zero-order valence-electron chi connectivity index (χ0n) is 15.7. The first-order chi connectivity index (χ1) is 12.6. The number of rotatable bonds is 9. The van der Waals surface area contributed by atoms with E-state index in [0.717, 1.165) is 61.1 Å². The molecule has 1 aromatic heterocycles. The van der Waals surface area contributed by atoms with Gasteiger partial charge in [-0.25, -0.2) is 0 Å². The standard InChI is InChI=1S/C20H26N2O2S2/c1-21(10-7-16-6-4-11-26-16)8-5-9-22-14-15-12-18(23-2)19(24-3)13-17(15)20(22)25/h4,6,11-13H,5,7-10,14H2,1-3H3. The van der Waals surface area contributed by atoms with Gasteiger partial charge >= 0.3 is 0 Å². The lowest BCUT2D eigenvalue weighted by molar-refractivity contribution is 0.310. The molecule has 0 saturated carbocycles. The minimum atomic E-state index is 0.740. The molecule has 3 rings (SSSR count). The summed E-state index contributed by atoms with van der Waals surface area (Å²) in [4.78, 5) is 7.06. The minimum Gasteiger partial charge on any atom is -0.493 e. The summed E-state index contributed by atoms with van der Waals surface area (Å²) in [5, 5.41) is 2.14. The maximum absolute atomic E-state index is 5.68. The number of thiocarbonyl (C=S) groups is 1. The van der Waals surface area contributed by atoms with Gasteiger partial charge in [-0.1, -0.05) is 18.3 Å². The number of methoxy groups -OCH3 is 2. The van der Waals surface area contributed by atoms with Crippen molar-refractivity contribution in [3.05, 3.63) is 45.6 Å². The van der Waals surface area contributed by atoms with Gasteiger partial charge in [-0.05, 0) is 55.6 Å². The van der Waals surface area contributed by atoms with Crippen LogP contribution in [-0.4, -0.2) is 55.7 Å². The lowest BCUT2D eigenvalue weighted by atomic mass is 10.1. The van der Waals surface area contributed by atoms with Gasteiger partial charge in [-0.15, -0.1) is 11.3 Å². The second kappa shape index (κ2) is 8.84. The van der Waals surface area contributed by atoms with Crippen LogP contribution in [-0.2, 0) is 13.0 Å². The molecule has 1 aliphatic heterocycles. The van der Waals surface area contributed by atoms with Crippen molar-refractivity contribution in [1.82, 2.24) is 9.80 Å². The van der Waals surface area contributed by atoms with Crippen molar-refractivity contribution in [2.24, 2.45) is 0 Å². The van der Waals surface area contributed by atoms with Gasteiger partial charge in [0, 0.05) is 30.1 Å². The van der Waals surface area contributed by atoms with Gasteiger partial charge in [0.1, 0.15) is 4.99 Å². The second-order valence-corrected chi connectivity index (χ2v) is 8.00. The molecule has 1 aliphatic rings. The van der Waals surface area contributed by atoms with Crippen LogP contribution in [0.5, 0.6) is 11.5 Å². The van der Waals surface area contributed by atoms with Gasteiger partial charge in [0.05, 0.1) is 14.2 Å². The summed E-state index contributed by atoms with van der Waals surface area (Å²) in [6.07, 6.45) is 2.23. The van der Waals surface area contributed by atoms with Crippen molar-refractivity contribution < 1.29 is 9.47 Å². The summed E-state index contributed by atoms with van der Waals surface area (Å²) in [6, 6.07) is 8.38. The summed E-state index contributed by atoms with van der Waals surface area (Å²) < 4.78 is 10.8. The first kappa shape index (κ1) is 19.1. The van der Waals surface area contributed by atoms with Gasteiger partial charge in [-0.3, -0.25) is 0 Å². The third kappa shape index (κ3) is 4.37. The van der Waals surface area contributed by atoms with Gasteiger partial charge in [0.15, 0.2) is 11.5 Å². The molecule has 2 aromatic rings. The Balaban J connectivity index is 1.49. The highest BCUT2D eigenvalue weighted by Crippen LogP contribution is 2.35. The van der Waals surface area contributed by atoms with Gasteiger partial charge in [0.25, 0.3) is 0 Å². The number of thiophene rings is 1. The molecule has 0 bridgehead atoms. The van der Waals surface area contributed by atoms with E-state index >= 15 is 0 Å². The number of nitrogens with zero attached hydrogens (tertiary/aromatic N) is 2. The number of hydrogen-bond acceptors (Lipinski definition) is 5. The summed E-state index contributed by atoms with van der Waals surface area (Å²) in [7, 11) is 5.52. The van der Waals surface area contributed by atoms with Crippen LogP contribution in [0.1, 0.15) is 22.4 Å². The average molecular weight is 391 g/mol. The predicted octanol–water partition coefficient (Wildman–Crippen LogP) is 3.82. The average Bonchev–Trinajstić information content (AvgIpc) is 3.27. The highest BCUT2D eigenvalue weighted by molar-refractivity contribution is 7.80. The predicted molar refractivity (Wildman–Crippen MR) is 112 cm³/mol. The van der Waals surface area contributed by atoms with Crippen molar-refractivity contribution in [3.63, 3.8) is 0 Å². The molecule has 1 aromatic carbocycles. The maximum atomic E-state index is 5.68. The van der Waals surface area contributed by atoms with Crippen molar-refractivity contribution >= 4 is 28.5 Å². The Bertz CT molecular complexity index is 747. The lowest BCUT2D eigenvalue weighted by Gasteiger charge is -2.21. The van der Waals surface area contributed by atoms with E-state index in [0.29, 0.717) is 0 Å². The van der Waals surface area contributed by atoms with Crippen molar-refractivity contribution in [1.29, 1.82) is 0 Å². The zero-order chi connectivity index (χ0) is 18.5. The highest BCUT2D eigenvalue weighted by atomic mass is 32.1. The highest BCUT2D eigenvalue weighted by Gasteiger charge is 2.26. The topological polar surface area (TPSA) is 24.9 Å². The van der Waals surface area contributed by atoms with Crippen LogP contribution in [0, 0.1) is 0 Å². The Morgan fingerprint density at radius 1 is 1.19 bits per heavy atom. The first-order valence-corrected chi connectivity index (χ1v) is 10.2. The van der Waals surface area contributed by atoms with Gasteiger partial charge in [0.2, 0.25) is 0 Å². The summed E-state index contributed by atoms with van der Waals surface area (Å²) in [5.41, 5.74) is 2.32. The molecule has 2 heterocycles.